The van der Waals surface area contributed by atoms with Crippen LogP contribution in [0.5, 0.6) is 0 Å². The first-order valence-corrected chi connectivity index (χ1v) is 6.48. The number of rotatable bonds is 0. The van der Waals surface area contributed by atoms with E-state index in [0.717, 1.165) is 12.8 Å². The molecule has 16 heavy (non-hydrogen) atoms. The van der Waals surface area contributed by atoms with Gasteiger partial charge in [-0.2, -0.15) is 12.2 Å². The van der Waals surface area contributed by atoms with Crippen LogP contribution in [0.2, 0.25) is 0 Å². The molecule has 0 N–H and O–H groups in total. The maximum atomic E-state index is 2.99. The van der Waals surface area contributed by atoms with E-state index in [0.29, 0.717) is 0 Å². The van der Waals surface area contributed by atoms with E-state index in [4.69, 9.17) is 0 Å². The number of halogens is 2. The summed E-state index contributed by atoms with van der Waals surface area (Å²) in [7, 11) is 0. The molecule has 0 saturated carbocycles. The van der Waals surface area contributed by atoms with E-state index in [-0.39, 0.29) is 24.8 Å². The molecular weight excluding hydrogens is 406 g/mol. The van der Waals surface area contributed by atoms with Gasteiger partial charge in [0.05, 0.1) is 0 Å². The summed E-state index contributed by atoms with van der Waals surface area (Å²) in [4.78, 5) is 0. The van der Waals surface area contributed by atoms with Gasteiger partial charge in [-0.25, -0.2) is 24.3 Å². The zero-order chi connectivity index (χ0) is 10.6. The average Bonchev–Trinajstić information content (AvgIpc) is 2.83. The van der Waals surface area contributed by atoms with Crippen LogP contribution in [0.1, 0.15) is 26.7 Å². The van der Waals surface area contributed by atoms with Gasteiger partial charge in [-0.3, -0.25) is 12.2 Å². The first-order valence-electron chi connectivity index (χ1n) is 4.68. The maximum absolute atomic E-state index is 2.99. The van der Waals surface area contributed by atoms with Crippen LogP contribution in [0.3, 0.4) is 0 Å². The van der Waals surface area contributed by atoms with Gasteiger partial charge in [0.15, 0.2) is 0 Å². The average molecular weight is 422 g/mol. The van der Waals surface area contributed by atoms with Crippen molar-refractivity contribution in [1.29, 1.82) is 0 Å². The van der Waals surface area contributed by atoms with E-state index in [1.807, 2.05) is 24.3 Å². The van der Waals surface area contributed by atoms with Gasteiger partial charge in [-0.05, 0) is 0 Å². The molecule has 0 heterocycles. The van der Waals surface area contributed by atoms with Gasteiger partial charge >= 0.3 is 41.0 Å². The molecule has 88 valence electrons. The molecule has 0 aliphatic heterocycles. The maximum Gasteiger partial charge on any atom is -0.109 e. The molecule has 0 nitrogen and oxygen atoms in total. The Morgan fingerprint density at radius 1 is 0.938 bits per heavy atom. The van der Waals surface area contributed by atoms with Crippen molar-refractivity contribution in [3.63, 3.8) is 0 Å². The van der Waals surface area contributed by atoms with Crippen LogP contribution in [0.4, 0.5) is 0 Å². The Bertz CT molecular complexity index is 217. The van der Waals surface area contributed by atoms with E-state index in [2.05, 4.69) is 38.2 Å². The van der Waals surface area contributed by atoms with Crippen molar-refractivity contribution in [2.75, 3.05) is 0 Å². The van der Waals surface area contributed by atoms with E-state index in [1.54, 1.807) is 3.26 Å². The van der Waals surface area contributed by atoms with Crippen molar-refractivity contribution in [3.8, 4) is 0 Å². The summed E-state index contributed by atoms with van der Waals surface area (Å²) < 4.78 is 1.56. The fourth-order valence-corrected chi connectivity index (χ4v) is 0.680. The molecule has 0 atom stereocenters. The summed E-state index contributed by atoms with van der Waals surface area (Å²) >= 11 is 1.27. The van der Waals surface area contributed by atoms with Crippen LogP contribution < -0.4 is 24.8 Å². The zero-order valence-electron chi connectivity index (χ0n) is 9.63. The van der Waals surface area contributed by atoms with Crippen molar-refractivity contribution in [3.05, 3.63) is 48.6 Å². The predicted octanol–water partition coefficient (Wildman–Crippen LogP) is -2.64. The van der Waals surface area contributed by atoms with Crippen molar-refractivity contribution < 1.29 is 48.7 Å². The smallest absolute Gasteiger partial charge is 0.109 e. The van der Waals surface area contributed by atoms with E-state index in [9.17, 15) is 0 Å². The van der Waals surface area contributed by atoms with Crippen LogP contribution in [-0.2, 0) is 23.9 Å². The molecule has 0 radical (unpaired) electrons. The minimum absolute atomic E-state index is 0. The minimum atomic E-state index is 0. The first-order chi connectivity index (χ1) is 6.73. The van der Waals surface area contributed by atoms with Crippen molar-refractivity contribution >= 4 is 3.26 Å². The molecule has 2 rings (SSSR count). The molecule has 0 fully saturated rings. The van der Waals surface area contributed by atoms with E-state index >= 15 is 0 Å². The van der Waals surface area contributed by atoms with Gasteiger partial charge in [0.25, 0.3) is 0 Å². The Kier molecular flexibility index (Phi) is 23.8. The summed E-state index contributed by atoms with van der Waals surface area (Å²) in [6, 6.07) is 0. The number of hydrogen-bond acceptors (Lipinski definition) is 0. The van der Waals surface area contributed by atoms with Crippen molar-refractivity contribution in [2.45, 2.75) is 26.7 Å². The summed E-state index contributed by atoms with van der Waals surface area (Å²) in [5.41, 5.74) is 0. The Morgan fingerprint density at radius 3 is 1.31 bits per heavy atom. The molecule has 0 saturated heterocycles. The normalized spacial score (nSPS) is 12.8. The molecular formula is C13H16Cl2Hf-2. The SMILES string of the molecule is C[C](C)=[Hf+2].[C-]1=CC=CC1.[C-]1=CC=CC1.[Cl-].[Cl-]. The third kappa shape index (κ3) is 23.8. The van der Waals surface area contributed by atoms with Crippen LogP contribution in [0.25, 0.3) is 0 Å². The third-order valence-corrected chi connectivity index (χ3v) is 1.17. The fraction of sp³-hybridized carbons (Fsp3) is 0.308. The fourth-order valence-electron chi connectivity index (χ4n) is 0.680. The third-order valence-electron chi connectivity index (χ3n) is 1.17. The standard InChI is InChI=1S/2C5H5.C3H6.2ClH.Hf/c2*1-2-4-5-3-1;1-3-2;;;/h2*1-3H,4H2;1-2H3;2*1H;/q2*-1;;;;+2/p-2. The van der Waals surface area contributed by atoms with Gasteiger partial charge in [0.2, 0.25) is 0 Å². The zero-order valence-corrected chi connectivity index (χ0v) is 14.7. The molecule has 0 amide bonds. The van der Waals surface area contributed by atoms with E-state index < -0.39 is 0 Å². The van der Waals surface area contributed by atoms with Gasteiger partial charge in [-0.15, -0.1) is 12.8 Å². The van der Waals surface area contributed by atoms with Crippen LogP contribution in [0.15, 0.2) is 36.5 Å². The summed E-state index contributed by atoms with van der Waals surface area (Å²) in [6.45, 7) is 4.29. The second-order valence-electron chi connectivity index (χ2n) is 3.01. The molecule has 0 spiro atoms. The molecule has 2 aliphatic rings. The predicted molar refractivity (Wildman–Crippen MR) is 59.5 cm³/mol. The largest absolute Gasteiger partial charge is 1.00 e. The summed E-state index contributed by atoms with van der Waals surface area (Å²) in [5.74, 6) is 0. The van der Waals surface area contributed by atoms with Gasteiger partial charge in [-0.1, -0.05) is 0 Å². The van der Waals surface area contributed by atoms with Gasteiger partial charge in [0, 0.05) is 0 Å². The Labute approximate surface area is 126 Å². The summed E-state index contributed by atoms with van der Waals surface area (Å²) in [6.07, 6.45) is 20.0. The second-order valence-corrected chi connectivity index (χ2v) is 6.60. The number of allylic oxidation sites excluding steroid dienone is 8. The molecule has 0 aromatic carbocycles. The summed E-state index contributed by atoms with van der Waals surface area (Å²) in [5, 5.41) is 0. The van der Waals surface area contributed by atoms with Crippen molar-refractivity contribution in [1.82, 2.24) is 0 Å². The second kappa shape index (κ2) is 17.7. The minimum Gasteiger partial charge on any atom is -1.00 e. The number of hydrogen-bond donors (Lipinski definition) is 0. The Morgan fingerprint density at radius 2 is 1.25 bits per heavy atom. The topological polar surface area (TPSA) is 0 Å². The van der Waals surface area contributed by atoms with Crippen LogP contribution >= 0.6 is 0 Å². The first kappa shape index (κ1) is 21.6. The van der Waals surface area contributed by atoms with Crippen molar-refractivity contribution in [2.24, 2.45) is 0 Å². The van der Waals surface area contributed by atoms with Crippen LogP contribution in [0, 0.1) is 12.2 Å². The molecule has 0 bridgehead atoms. The monoisotopic (exact) mass is 422 g/mol. The quantitative estimate of drug-likeness (QED) is 0.297. The molecule has 0 aromatic rings. The molecule has 2 aliphatic carbocycles. The van der Waals surface area contributed by atoms with Gasteiger partial charge in [0.1, 0.15) is 0 Å². The van der Waals surface area contributed by atoms with Gasteiger partial charge < -0.3 is 24.8 Å². The molecule has 0 unspecified atom stereocenters. The molecule has 0 aromatic heterocycles. The Hall–Kier alpha value is 0.280. The van der Waals surface area contributed by atoms with E-state index in [1.165, 1.54) is 23.9 Å². The Balaban J connectivity index is -0.000000151. The molecule has 3 heteroatoms. The van der Waals surface area contributed by atoms with Crippen LogP contribution in [-0.4, -0.2) is 3.26 Å².